The van der Waals surface area contributed by atoms with Crippen LogP contribution < -0.4 is 10.6 Å². The molecule has 6 nitrogen and oxygen atoms in total. The van der Waals surface area contributed by atoms with E-state index in [1.807, 2.05) is 18.2 Å². The molecule has 0 aliphatic heterocycles. The highest BCUT2D eigenvalue weighted by Gasteiger charge is 2.06. The molecular formula is C17H19FIN5O. The molecule has 1 aromatic carbocycles. The number of halogens is 2. The van der Waals surface area contributed by atoms with Crippen molar-refractivity contribution in [1.29, 1.82) is 0 Å². The van der Waals surface area contributed by atoms with Crippen LogP contribution in [0.25, 0.3) is 5.69 Å². The summed E-state index contributed by atoms with van der Waals surface area (Å²) in [7, 11) is 1.68. The van der Waals surface area contributed by atoms with E-state index in [9.17, 15) is 4.39 Å². The molecule has 0 aliphatic rings. The fourth-order valence-corrected chi connectivity index (χ4v) is 2.26. The molecule has 0 saturated heterocycles. The summed E-state index contributed by atoms with van der Waals surface area (Å²) in [6, 6.07) is 8.81. The van der Waals surface area contributed by atoms with E-state index in [2.05, 4.69) is 20.6 Å². The van der Waals surface area contributed by atoms with Crippen LogP contribution in [-0.2, 0) is 13.1 Å². The van der Waals surface area contributed by atoms with Gasteiger partial charge in [0.2, 0.25) is 0 Å². The first-order valence-corrected chi connectivity index (χ1v) is 7.50. The Morgan fingerprint density at radius 3 is 2.76 bits per heavy atom. The predicted molar refractivity (Wildman–Crippen MR) is 105 cm³/mol. The molecule has 2 aromatic heterocycles. The lowest BCUT2D eigenvalue weighted by Crippen LogP contribution is -2.36. The molecule has 25 heavy (non-hydrogen) atoms. The number of rotatable bonds is 5. The van der Waals surface area contributed by atoms with Crippen molar-refractivity contribution in [1.82, 2.24) is 20.2 Å². The van der Waals surface area contributed by atoms with E-state index in [-0.39, 0.29) is 29.8 Å². The number of imidazole rings is 1. The SMILES string of the molecule is CN=C(NCc1ccc(-n2ccnc2)c(F)c1)NCc1ccco1.I. The smallest absolute Gasteiger partial charge is 0.191 e. The van der Waals surface area contributed by atoms with E-state index in [0.29, 0.717) is 24.7 Å². The first kappa shape index (κ1) is 19.0. The Bertz CT molecular complexity index is 803. The van der Waals surface area contributed by atoms with E-state index >= 15 is 0 Å². The number of aromatic nitrogens is 2. The van der Waals surface area contributed by atoms with Gasteiger partial charge in [0.25, 0.3) is 0 Å². The molecule has 2 heterocycles. The zero-order valence-electron chi connectivity index (χ0n) is 13.6. The summed E-state index contributed by atoms with van der Waals surface area (Å²) in [5.41, 5.74) is 1.29. The van der Waals surface area contributed by atoms with Crippen molar-refractivity contribution >= 4 is 29.9 Å². The highest BCUT2D eigenvalue weighted by Crippen LogP contribution is 2.14. The Morgan fingerprint density at radius 2 is 2.12 bits per heavy atom. The lowest BCUT2D eigenvalue weighted by molar-refractivity contribution is 0.501. The molecule has 3 aromatic rings. The summed E-state index contributed by atoms with van der Waals surface area (Å²) in [5.74, 6) is 1.13. The normalized spacial score (nSPS) is 11.0. The first-order chi connectivity index (χ1) is 11.8. The topological polar surface area (TPSA) is 67.4 Å². The van der Waals surface area contributed by atoms with Gasteiger partial charge < -0.3 is 19.6 Å². The van der Waals surface area contributed by atoms with Crippen LogP contribution in [0.15, 0.2) is 64.7 Å². The van der Waals surface area contributed by atoms with Crippen molar-refractivity contribution in [3.63, 3.8) is 0 Å². The predicted octanol–water partition coefficient (Wildman–Crippen LogP) is 3.09. The minimum absolute atomic E-state index is 0. The van der Waals surface area contributed by atoms with E-state index in [0.717, 1.165) is 11.3 Å². The van der Waals surface area contributed by atoms with Gasteiger partial charge in [-0.1, -0.05) is 6.07 Å². The average Bonchev–Trinajstić information content (AvgIpc) is 3.29. The van der Waals surface area contributed by atoms with E-state index in [1.165, 1.54) is 6.07 Å². The number of furan rings is 1. The molecule has 0 spiro atoms. The molecule has 2 N–H and O–H groups in total. The fourth-order valence-electron chi connectivity index (χ4n) is 2.26. The third kappa shape index (κ3) is 5.05. The summed E-state index contributed by atoms with van der Waals surface area (Å²) in [5, 5.41) is 6.27. The maximum absolute atomic E-state index is 14.2. The molecule has 0 saturated carbocycles. The Morgan fingerprint density at radius 1 is 1.28 bits per heavy atom. The second kappa shape index (κ2) is 9.21. The standard InChI is InChI=1S/C17H18FN5O.HI/c1-19-17(22-11-14-3-2-8-24-14)21-10-13-4-5-16(15(18)9-13)23-7-6-20-12-23;/h2-9,12H,10-11H2,1H3,(H2,19,21,22);1H. The molecule has 0 fully saturated rings. The summed E-state index contributed by atoms with van der Waals surface area (Å²) < 4.78 is 21.1. The lowest BCUT2D eigenvalue weighted by Gasteiger charge is -2.12. The number of benzene rings is 1. The van der Waals surface area contributed by atoms with Crippen LogP contribution in [0.2, 0.25) is 0 Å². The van der Waals surface area contributed by atoms with Crippen LogP contribution in [-0.4, -0.2) is 22.6 Å². The van der Waals surface area contributed by atoms with Gasteiger partial charge in [0.05, 0.1) is 24.8 Å². The molecule has 8 heteroatoms. The molecule has 3 rings (SSSR count). The maximum Gasteiger partial charge on any atom is 0.191 e. The Hall–Kier alpha value is -2.36. The van der Waals surface area contributed by atoms with Crippen molar-refractivity contribution < 1.29 is 8.81 Å². The molecule has 0 aliphatic carbocycles. The summed E-state index contributed by atoms with van der Waals surface area (Å²) in [6.45, 7) is 0.986. The maximum atomic E-state index is 14.2. The Labute approximate surface area is 162 Å². The zero-order chi connectivity index (χ0) is 16.8. The number of guanidine groups is 1. The molecular weight excluding hydrogens is 436 g/mol. The van der Waals surface area contributed by atoms with Crippen LogP contribution in [0, 0.1) is 5.82 Å². The van der Waals surface area contributed by atoms with Crippen LogP contribution in [0.1, 0.15) is 11.3 Å². The average molecular weight is 455 g/mol. The van der Waals surface area contributed by atoms with Gasteiger partial charge in [0.1, 0.15) is 11.6 Å². The first-order valence-electron chi connectivity index (χ1n) is 7.50. The number of hydrogen-bond acceptors (Lipinski definition) is 3. The van der Waals surface area contributed by atoms with Gasteiger partial charge >= 0.3 is 0 Å². The van der Waals surface area contributed by atoms with Gasteiger partial charge in [-0.05, 0) is 29.8 Å². The van der Waals surface area contributed by atoms with Gasteiger partial charge in [-0.15, -0.1) is 24.0 Å². The van der Waals surface area contributed by atoms with Crippen LogP contribution in [0.5, 0.6) is 0 Å². The number of hydrogen-bond donors (Lipinski definition) is 2. The van der Waals surface area contributed by atoms with Gasteiger partial charge in [0, 0.05) is 26.0 Å². The molecule has 0 unspecified atom stereocenters. The molecule has 0 radical (unpaired) electrons. The van der Waals surface area contributed by atoms with Gasteiger partial charge in [-0.3, -0.25) is 4.99 Å². The van der Waals surface area contributed by atoms with Gasteiger partial charge in [-0.25, -0.2) is 9.37 Å². The fraction of sp³-hybridized carbons (Fsp3) is 0.176. The second-order valence-corrected chi connectivity index (χ2v) is 5.11. The second-order valence-electron chi connectivity index (χ2n) is 5.11. The summed E-state index contributed by atoms with van der Waals surface area (Å²) in [4.78, 5) is 8.06. The molecule has 0 amide bonds. The Balaban J connectivity index is 0.00000225. The number of nitrogens with zero attached hydrogens (tertiary/aromatic N) is 3. The Kier molecular flexibility index (Phi) is 6.99. The quantitative estimate of drug-likeness (QED) is 0.353. The lowest BCUT2D eigenvalue weighted by atomic mass is 10.2. The third-order valence-corrected chi connectivity index (χ3v) is 3.49. The van der Waals surface area contributed by atoms with Crippen LogP contribution >= 0.6 is 24.0 Å². The van der Waals surface area contributed by atoms with E-state index < -0.39 is 0 Å². The highest BCUT2D eigenvalue weighted by atomic mass is 127. The summed E-state index contributed by atoms with van der Waals surface area (Å²) >= 11 is 0. The van der Waals surface area contributed by atoms with Crippen LogP contribution in [0.3, 0.4) is 0 Å². The third-order valence-electron chi connectivity index (χ3n) is 3.49. The minimum Gasteiger partial charge on any atom is -0.467 e. The molecule has 132 valence electrons. The van der Waals surface area contributed by atoms with E-state index in [4.69, 9.17) is 4.42 Å². The minimum atomic E-state index is -0.300. The van der Waals surface area contributed by atoms with Gasteiger partial charge in [0.15, 0.2) is 5.96 Å². The van der Waals surface area contributed by atoms with E-state index in [1.54, 1.807) is 42.7 Å². The monoisotopic (exact) mass is 455 g/mol. The highest BCUT2D eigenvalue weighted by molar-refractivity contribution is 14.0. The van der Waals surface area contributed by atoms with Gasteiger partial charge in [-0.2, -0.15) is 0 Å². The van der Waals surface area contributed by atoms with Crippen molar-refractivity contribution in [3.05, 3.63) is 72.5 Å². The van der Waals surface area contributed by atoms with Crippen molar-refractivity contribution in [2.24, 2.45) is 4.99 Å². The number of nitrogens with one attached hydrogen (secondary N) is 2. The molecule has 0 bridgehead atoms. The van der Waals surface area contributed by atoms with Crippen molar-refractivity contribution in [2.75, 3.05) is 7.05 Å². The number of aliphatic imine (C=N–C) groups is 1. The van der Waals surface area contributed by atoms with Crippen LogP contribution in [0.4, 0.5) is 4.39 Å². The molecule has 0 atom stereocenters. The van der Waals surface area contributed by atoms with Crippen molar-refractivity contribution in [3.8, 4) is 5.69 Å². The zero-order valence-corrected chi connectivity index (χ0v) is 16.0. The summed E-state index contributed by atoms with van der Waals surface area (Å²) in [6.07, 6.45) is 6.51. The van der Waals surface area contributed by atoms with Crippen molar-refractivity contribution in [2.45, 2.75) is 13.1 Å². The largest absolute Gasteiger partial charge is 0.467 e.